The first-order valence-corrected chi connectivity index (χ1v) is 7.69. The van der Waals surface area contributed by atoms with Gasteiger partial charge in [0.25, 0.3) is 0 Å². The lowest BCUT2D eigenvalue weighted by Crippen LogP contribution is -2.02. The van der Waals surface area contributed by atoms with Gasteiger partial charge < -0.3 is 9.72 Å². The Morgan fingerprint density at radius 3 is 2.82 bits per heavy atom. The maximum Gasteiger partial charge on any atom is 0.227 e. The highest BCUT2D eigenvalue weighted by atomic mass is 35.5. The molecule has 0 fully saturated rings. The lowest BCUT2D eigenvalue weighted by molar-refractivity contribution is 0.330. The Kier molecular flexibility index (Phi) is 4.24. The van der Waals surface area contributed by atoms with E-state index in [1.807, 2.05) is 32.2 Å². The smallest absolute Gasteiger partial charge is 0.227 e. The van der Waals surface area contributed by atoms with Gasteiger partial charge in [-0.25, -0.2) is 4.98 Å². The van der Waals surface area contributed by atoms with Gasteiger partial charge in [0.1, 0.15) is 11.5 Å². The Bertz CT molecular complexity index is 786. The molecular weight excluding hydrogens is 300 g/mol. The molecular formula is C16H17ClN4O. The molecule has 0 amide bonds. The van der Waals surface area contributed by atoms with Crippen molar-refractivity contribution in [3.8, 4) is 5.88 Å². The van der Waals surface area contributed by atoms with Gasteiger partial charge in [0.05, 0.1) is 17.0 Å². The lowest BCUT2D eigenvalue weighted by Gasteiger charge is -2.07. The number of nitrogens with one attached hydrogen (secondary N) is 1. The van der Waals surface area contributed by atoms with E-state index in [1.165, 1.54) is 0 Å². The molecule has 0 unspecified atom stereocenters. The summed E-state index contributed by atoms with van der Waals surface area (Å²) >= 11 is 6.41. The van der Waals surface area contributed by atoms with Gasteiger partial charge >= 0.3 is 0 Å². The molecule has 3 aromatic rings. The Balaban J connectivity index is 2.08. The first-order chi connectivity index (χ1) is 10.7. The molecule has 1 N–H and O–H groups in total. The zero-order valence-corrected chi connectivity index (χ0v) is 13.3. The van der Waals surface area contributed by atoms with E-state index in [0.717, 1.165) is 28.7 Å². The topological polar surface area (TPSA) is 63.7 Å². The van der Waals surface area contributed by atoms with Crippen LogP contribution < -0.4 is 4.74 Å². The van der Waals surface area contributed by atoms with Crippen molar-refractivity contribution in [1.82, 2.24) is 19.9 Å². The lowest BCUT2D eigenvalue weighted by atomic mass is 10.2. The Hall–Kier alpha value is -2.14. The fourth-order valence-electron chi connectivity index (χ4n) is 2.37. The van der Waals surface area contributed by atoms with Gasteiger partial charge in [0.2, 0.25) is 5.88 Å². The van der Waals surface area contributed by atoms with Crippen LogP contribution in [-0.2, 0) is 12.8 Å². The molecule has 0 atom stereocenters. The Morgan fingerprint density at radius 1 is 1.27 bits per heavy atom. The third-order valence-corrected chi connectivity index (χ3v) is 3.81. The number of ether oxygens (including phenoxy) is 1. The first-order valence-electron chi connectivity index (χ1n) is 7.31. The van der Waals surface area contributed by atoms with Crippen molar-refractivity contribution in [3.05, 3.63) is 46.6 Å². The summed E-state index contributed by atoms with van der Waals surface area (Å²) in [5.74, 6) is 1.22. The van der Waals surface area contributed by atoms with Crippen molar-refractivity contribution in [1.29, 1.82) is 0 Å². The summed E-state index contributed by atoms with van der Waals surface area (Å²) in [6.45, 7) is 4.50. The van der Waals surface area contributed by atoms with Crippen LogP contribution in [0.5, 0.6) is 5.88 Å². The quantitative estimate of drug-likeness (QED) is 0.781. The van der Waals surface area contributed by atoms with Crippen LogP contribution in [0.3, 0.4) is 0 Å². The maximum atomic E-state index is 6.41. The summed E-state index contributed by atoms with van der Waals surface area (Å²) in [5.41, 5.74) is 2.72. The van der Waals surface area contributed by atoms with Crippen LogP contribution >= 0.6 is 11.6 Å². The second kappa shape index (κ2) is 6.32. The summed E-state index contributed by atoms with van der Waals surface area (Å²) in [6.07, 6.45) is 4.96. The average Bonchev–Trinajstić information content (AvgIpc) is 2.85. The first kappa shape index (κ1) is 14.8. The zero-order chi connectivity index (χ0) is 15.5. The molecule has 0 aliphatic heterocycles. The van der Waals surface area contributed by atoms with Crippen molar-refractivity contribution in [2.75, 3.05) is 6.61 Å². The van der Waals surface area contributed by atoms with E-state index in [0.29, 0.717) is 29.8 Å². The summed E-state index contributed by atoms with van der Waals surface area (Å²) in [5, 5.41) is 1.41. The number of halogens is 1. The van der Waals surface area contributed by atoms with Gasteiger partial charge in [0.15, 0.2) is 0 Å². The largest absolute Gasteiger partial charge is 0.477 e. The number of pyridine rings is 1. The zero-order valence-electron chi connectivity index (χ0n) is 12.6. The molecule has 0 aliphatic carbocycles. The van der Waals surface area contributed by atoms with Crippen LogP contribution in [0.25, 0.3) is 11.0 Å². The third kappa shape index (κ3) is 2.76. The normalized spacial score (nSPS) is 11.0. The van der Waals surface area contributed by atoms with Crippen molar-refractivity contribution in [3.63, 3.8) is 0 Å². The van der Waals surface area contributed by atoms with E-state index in [-0.39, 0.29) is 0 Å². The van der Waals surface area contributed by atoms with Crippen molar-refractivity contribution in [2.45, 2.75) is 26.7 Å². The predicted octanol–water partition coefficient (Wildman–Crippen LogP) is 3.56. The van der Waals surface area contributed by atoms with Gasteiger partial charge in [-0.2, -0.15) is 4.98 Å². The molecule has 0 spiro atoms. The van der Waals surface area contributed by atoms with Crippen molar-refractivity contribution < 1.29 is 4.74 Å². The van der Waals surface area contributed by atoms with E-state index in [4.69, 9.17) is 16.3 Å². The van der Waals surface area contributed by atoms with Gasteiger partial charge in [-0.05, 0) is 25.0 Å². The minimum absolute atomic E-state index is 0.529. The predicted molar refractivity (Wildman–Crippen MR) is 86.5 cm³/mol. The standard InChI is InChI=1S/C16H17ClN4O/c1-3-11-14(17)13-15(19-11)20-12(21-16(13)22-4-2)8-10-6-5-7-18-9-10/h5-7,9H,3-4,8H2,1-2H3,(H,19,20,21). The molecule has 6 heteroatoms. The van der Waals surface area contributed by atoms with E-state index >= 15 is 0 Å². The summed E-state index contributed by atoms with van der Waals surface area (Å²) < 4.78 is 5.66. The Morgan fingerprint density at radius 2 is 2.14 bits per heavy atom. The molecule has 0 radical (unpaired) electrons. The van der Waals surface area contributed by atoms with Crippen LogP contribution in [0.1, 0.15) is 30.9 Å². The highest BCUT2D eigenvalue weighted by molar-refractivity contribution is 6.36. The molecule has 114 valence electrons. The number of aromatic nitrogens is 4. The van der Waals surface area contributed by atoms with Crippen LogP contribution in [0.15, 0.2) is 24.5 Å². The fraction of sp³-hybridized carbons (Fsp3) is 0.312. The van der Waals surface area contributed by atoms with Gasteiger partial charge in [-0.15, -0.1) is 0 Å². The third-order valence-electron chi connectivity index (χ3n) is 3.40. The molecule has 0 saturated carbocycles. The molecule has 3 aromatic heterocycles. The van der Waals surface area contributed by atoms with Crippen LogP contribution in [-0.4, -0.2) is 26.5 Å². The molecule has 3 heterocycles. The van der Waals surface area contributed by atoms with Crippen LogP contribution in [0, 0.1) is 0 Å². The summed E-state index contributed by atoms with van der Waals surface area (Å²) in [6, 6.07) is 3.90. The summed E-state index contributed by atoms with van der Waals surface area (Å²) in [7, 11) is 0. The molecule has 0 aliphatic rings. The second-order valence-electron chi connectivity index (χ2n) is 4.91. The number of aryl methyl sites for hydroxylation is 1. The number of H-pyrrole nitrogens is 1. The van der Waals surface area contributed by atoms with Gasteiger partial charge in [-0.1, -0.05) is 24.6 Å². The number of hydrogen-bond acceptors (Lipinski definition) is 4. The summed E-state index contributed by atoms with van der Waals surface area (Å²) in [4.78, 5) is 16.5. The fourth-order valence-corrected chi connectivity index (χ4v) is 2.72. The molecule has 0 bridgehead atoms. The van der Waals surface area contributed by atoms with Gasteiger partial charge in [-0.3, -0.25) is 4.98 Å². The molecule has 0 saturated heterocycles. The van der Waals surface area contributed by atoms with Gasteiger partial charge in [0, 0.05) is 24.5 Å². The molecule has 5 nitrogen and oxygen atoms in total. The van der Waals surface area contributed by atoms with E-state index in [2.05, 4.69) is 19.9 Å². The molecule has 0 aromatic carbocycles. The number of fused-ring (bicyclic) bond motifs is 1. The molecule has 22 heavy (non-hydrogen) atoms. The van der Waals surface area contributed by atoms with Crippen molar-refractivity contribution >= 4 is 22.6 Å². The van der Waals surface area contributed by atoms with E-state index < -0.39 is 0 Å². The Labute approximate surface area is 133 Å². The average molecular weight is 317 g/mol. The van der Waals surface area contributed by atoms with E-state index in [1.54, 1.807) is 6.20 Å². The maximum absolute atomic E-state index is 6.41. The minimum Gasteiger partial charge on any atom is -0.477 e. The van der Waals surface area contributed by atoms with E-state index in [9.17, 15) is 0 Å². The monoisotopic (exact) mass is 316 g/mol. The SMILES string of the molecule is CCOc1nc(Cc2cccnc2)nc2[nH]c(CC)c(Cl)c12. The number of hydrogen-bond donors (Lipinski definition) is 1. The second-order valence-corrected chi connectivity index (χ2v) is 5.29. The highest BCUT2D eigenvalue weighted by Crippen LogP contribution is 2.33. The number of aromatic amines is 1. The van der Waals surface area contributed by atoms with Crippen LogP contribution in [0.4, 0.5) is 0 Å². The van der Waals surface area contributed by atoms with Crippen LogP contribution in [0.2, 0.25) is 5.02 Å². The minimum atomic E-state index is 0.529. The highest BCUT2D eigenvalue weighted by Gasteiger charge is 2.17. The number of rotatable bonds is 5. The number of nitrogens with zero attached hydrogens (tertiary/aromatic N) is 3. The molecule has 3 rings (SSSR count). The van der Waals surface area contributed by atoms with Crippen molar-refractivity contribution in [2.24, 2.45) is 0 Å².